The van der Waals surface area contributed by atoms with Crippen LogP contribution in [0.4, 0.5) is 14.5 Å². The van der Waals surface area contributed by atoms with Crippen LogP contribution in [0.5, 0.6) is 0 Å². The first-order chi connectivity index (χ1) is 16.2. The summed E-state index contributed by atoms with van der Waals surface area (Å²) in [6.45, 7) is 0. The maximum absolute atomic E-state index is 14.2. The molecule has 2 saturated carbocycles. The highest BCUT2D eigenvalue weighted by Gasteiger charge is 2.51. The average Bonchev–Trinajstić information content (AvgIpc) is 3.05. The highest BCUT2D eigenvalue weighted by Crippen LogP contribution is 2.52. The molecule has 0 heterocycles. The van der Waals surface area contributed by atoms with Crippen molar-refractivity contribution in [2.24, 2.45) is 0 Å². The Balaban J connectivity index is 1.54. The Morgan fingerprint density at radius 3 is 2.38 bits per heavy atom. The van der Waals surface area contributed by atoms with E-state index in [1.165, 1.54) is 6.07 Å². The van der Waals surface area contributed by atoms with Crippen LogP contribution in [0.2, 0.25) is 0 Å². The van der Waals surface area contributed by atoms with E-state index < -0.39 is 32.0 Å². The molecule has 9 heteroatoms. The molecule has 3 aliphatic carbocycles. The molecule has 5 rings (SSSR count). The number of halogens is 2. The van der Waals surface area contributed by atoms with Gasteiger partial charge >= 0.3 is 0 Å². The minimum absolute atomic E-state index is 0.0420. The fourth-order valence-corrected chi connectivity index (χ4v) is 6.62. The molecule has 2 N–H and O–H groups in total. The number of carbonyl (C=O) groups is 2. The Hall–Kier alpha value is -2.81. The van der Waals surface area contributed by atoms with Crippen molar-refractivity contribution in [2.75, 3.05) is 4.72 Å². The molecule has 0 aliphatic heterocycles. The second kappa shape index (κ2) is 8.45. The lowest BCUT2D eigenvalue weighted by Gasteiger charge is -2.37. The zero-order valence-electron chi connectivity index (χ0n) is 18.6. The van der Waals surface area contributed by atoms with E-state index in [9.17, 15) is 26.8 Å². The highest BCUT2D eigenvalue weighted by molar-refractivity contribution is 7.92. The SMILES string of the molecule is O=C(NC1CCCCC1)c1cc(NS(=O)(=O)c2ccc(F)cc2F)cc2c1CC(=O)C21CCC1. The van der Waals surface area contributed by atoms with Gasteiger partial charge < -0.3 is 5.32 Å². The molecule has 0 unspecified atom stereocenters. The van der Waals surface area contributed by atoms with Crippen molar-refractivity contribution in [2.45, 2.75) is 74.1 Å². The number of amides is 1. The summed E-state index contributed by atoms with van der Waals surface area (Å²) in [5.74, 6) is -2.39. The molecular weight excluding hydrogens is 462 g/mol. The van der Waals surface area contributed by atoms with Crippen LogP contribution < -0.4 is 10.0 Å². The van der Waals surface area contributed by atoms with Crippen molar-refractivity contribution in [1.82, 2.24) is 5.32 Å². The second-order valence-electron chi connectivity index (χ2n) is 9.57. The fourth-order valence-electron chi connectivity index (χ4n) is 5.52. The van der Waals surface area contributed by atoms with Crippen LogP contribution in [0.1, 0.15) is 72.9 Å². The van der Waals surface area contributed by atoms with Crippen LogP contribution in [0.15, 0.2) is 35.2 Å². The van der Waals surface area contributed by atoms with Gasteiger partial charge in [-0.25, -0.2) is 17.2 Å². The number of carbonyl (C=O) groups excluding carboxylic acids is 2. The first-order valence-electron chi connectivity index (χ1n) is 11.7. The van der Waals surface area contributed by atoms with E-state index in [1.807, 2.05) is 0 Å². The molecule has 0 radical (unpaired) electrons. The summed E-state index contributed by atoms with van der Waals surface area (Å²) in [6.07, 6.45) is 7.31. The predicted octanol–water partition coefficient (Wildman–Crippen LogP) is 4.38. The van der Waals surface area contributed by atoms with E-state index in [2.05, 4.69) is 10.0 Å². The Labute approximate surface area is 197 Å². The number of benzene rings is 2. The number of nitrogens with one attached hydrogen (secondary N) is 2. The van der Waals surface area contributed by atoms with Crippen LogP contribution in [0.25, 0.3) is 0 Å². The fraction of sp³-hybridized carbons (Fsp3) is 0.440. The lowest BCUT2D eigenvalue weighted by atomic mass is 9.64. The molecule has 0 saturated heterocycles. The molecule has 0 atom stereocenters. The lowest BCUT2D eigenvalue weighted by Crippen LogP contribution is -2.39. The van der Waals surface area contributed by atoms with Gasteiger partial charge in [0.1, 0.15) is 22.3 Å². The zero-order chi connectivity index (χ0) is 24.1. The highest BCUT2D eigenvalue weighted by atomic mass is 32.2. The van der Waals surface area contributed by atoms with Gasteiger partial charge in [0.15, 0.2) is 0 Å². The van der Waals surface area contributed by atoms with Crippen molar-refractivity contribution < 1.29 is 26.8 Å². The maximum atomic E-state index is 14.2. The quantitative estimate of drug-likeness (QED) is 0.654. The molecule has 3 aliphatic rings. The van der Waals surface area contributed by atoms with Crippen molar-refractivity contribution >= 4 is 27.4 Å². The minimum atomic E-state index is -4.40. The van der Waals surface area contributed by atoms with E-state index in [1.54, 1.807) is 6.07 Å². The van der Waals surface area contributed by atoms with Gasteiger partial charge in [0.2, 0.25) is 0 Å². The Bertz CT molecular complexity index is 1280. The van der Waals surface area contributed by atoms with Gasteiger partial charge in [0.25, 0.3) is 15.9 Å². The number of sulfonamides is 1. The Morgan fingerprint density at radius 2 is 1.74 bits per heavy atom. The molecule has 1 amide bonds. The molecule has 2 aromatic rings. The number of anilines is 1. The van der Waals surface area contributed by atoms with Crippen LogP contribution in [0.3, 0.4) is 0 Å². The normalized spacial score (nSPS) is 19.5. The van der Waals surface area contributed by atoms with Crippen molar-refractivity contribution in [1.29, 1.82) is 0 Å². The van der Waals surface area contributed by atoms with Gasteiger partial charge in [-0.05, 0) is 61.1 Å². The standard InChI is InChI=1S/C25H26F2N2O4S/c26-15-7-8-22(21(27)11-15)34(32,33)29-17-12-19(24(31)28-16-5-2-1-3-6-16)18-14-23(30)25(9-4-10-25)20(18)13-17/h7-8,11-13,16,29H,1-6,9-10,14H2,(H,28,31). The molecule has 34 heavy (non-hydrogen) atoms. The zero-order valence-corrected chi connectivity index (χ0v) is 19.4. The van der Waals surface area contributed by atoms with Crippen molar-refractivity contribution in [3.63, 3.8) is 0 Å². The summed E-state index contributed by atoms with van der Waals surface area (Å²) < 4.78 is 55.6. The summed E-state index contributed by atoms with van der Waals surface area (Å²) in [5, 5.41) is 3.05. The number of hydrogen-bond donors (Lipinski definition) is 2. The summed E-state index contributed by atoms with van der Waals surface area (Å²) in [7, 11) is -4.40. The Kier molecular flexibility index (Phi) is 5.70. The number of ketones is 1. The van der Waals surface area contributed by atoms with Crippen molar-refractivity contribution in [3.8, 4) is 0 Å². The topological polar surface area (TPSA) is 92.3 Å². The van der Waals surface area contributed by atoms with E-state index in [-0.39, 0.29) is 35.4 Å². The summed E-state index contributed by atoms with van der Waals surface area (Å²) >= 11 is 0. The third-order valence-corrected chi connectivity index (χ3v) is 8.88. The number of hydrogen-bond acceptors (Lipinski definition) is 4. The van der Waals surface area contributed by atoms with Crippen LogP contribution in [-0.4, -0.2) is 26.2 Å². The third kappa shape index (κ3) is 3.89. The van der Waals surface area contributed by atoms with Crippen LogP contribution >= 0.6 is 0 Å². The number of Topliss-reactive ketones (excluding diaryl/α,β-unsaturated/α-hetero) is 1. The number of fused-ring (bicyclic) bond motifs is 2. The van der Waals surface area contributed by atoms with Gasteiger partial charge in [0.05, 0.1) is 5.41 Å². The molecule has 2 fully saturated rings. The van der Waals surface area contributed by atoms with Gasteiger partial charge in [-0.1, -0.05) is 25.7 Å². The molecule has 2 aromatic carbocycles. The van der Waals surface area contributed by atoms with Crippen LogP contribution in [-0.2, 0) is 26.7 Å². The number of rotatable bonds is 5. The van der Waals surface area contributed by atoms with E-state index in [0.717, 1.165) is 50.7 Å². The molecule has 0 aromatic heterocycles. The van der Waals surface area contributed by atoms with Gasteiger partial charge in [-0.15, -0.1) is 0 Å². The predicted molar refractivity (Wildman–Crippen MR) is 122 cm³/mol. The smallest absolute Gasteiger partial charge is 0.264 e. The average molecular weight is 489 g/mol. The molecule has 0 bridgehead atoms. The van der Waals surface area contributed by atoms with Gasteiger partial charge in [-0.2, -0.15) is 0 Å². The first-order valence-corrected chi connectivity index (χ1v) is 13.2. The molecule has 1 spiro atoms. The third-order valence-electron chi connectivity index (χ3n) is 7.46. The first kappa shape index (κ1) is 23.0. The maximum Gasteiger partial charge on any atom is 0.264 e. The van der Waals surface area contributed by atoms with E-state index >= 15 is 0 Å². The molecule has 180 valence electrons. The minimum Gasteiger partial charge on any atom is -0.349 e. The monoisotopic (exact) mass is 488 g/mol. The molecule has 6 nitrogen and oxygen atoms in total. The van der Waals surface area contributed by atoms with Gasteiger partial charge in [-0.3, -0.25) is 14.3 Å². The lowest BCUT2D eigenvalue weighted by molar-refractivity contribution is -0.125. The van der Waals surface area contributed by atoms with Gasteiger partial charge in [0, 0.05) is 29.8 Å². The molecular formula is C25H26F2N2O4S. The van der Waals surface area contributed by atoms with E-state index in [0.29, 0.717) is 30.0 Å². The van der Waals surface area contributed by atoms with Crippen LogP contribution in [0, 0.1) is 11.6 Å². The van der Waals surface area contributed by atoms with Crippen molar-refractivity contribution in [3.05, 3.63) is 58.7 Å². The summed E-state index contributed by atoms with van der Waals surface area (Å²) in [5.41, 5.74) is 0.999. The second-order valence-corrected chi connectivity index (χ2v) is 11.2. The Morgan fingerprint density at radius 1 is 1.00 bits per heavy atom. The summed E-state index contributed by atoms with van der Waals surface area (Å²) in [6, 6.07) is 5.28. The van der Waals surface area contributed by atoms with E-state index in [4.69, 9.17) is 0 Å². The largest absolute Gasteiger partial charge is 0.349 e. The summed E-state index contributed by atoms with van der Waals surface area (Å²) in [4.78, 5) is 25.5.